The molecule has 12 heavy (non-hydrogen) atoms. The van der Waals surface area contributed by atoms with Crippen molar-refractivity contribution < 1.29 is 0 Å². The molecule has 2 N–H and O–H groups in total. The van der Waals surface area contributed by atoms with E-state index in [1.165, 1.54) is 12.8 Å². The van der Waals surface area contributed by atoms with Gasteiger partial charge in [-0.25, -0.2) is 0 Å². The van der Waals surface area contributed by atoms with Crippen molar-refractivity contribution in [2.45, 2.75) is 64.7 Å². The van der Waals surface area contributed by atoms with Crippen LogP contribution in [0, 0.1) is 0 Å². The van der Waals surface area contributed by atoms with Gasteiger partial charge in [-0.1, -0.05) is 27.7 Å². The molecule has 2 nitrogen and oxygen atoms in total. The van der Waals surface area contributed by atoms with Crippen molar-refractivity contribution in [2.24, 2.45) is 0 Å². The van der Waals surface area contributed by atoms with Gasteiger partial charge in [0.25, 0.3) is 0 Å². The van der Waals surface area contributed by atoms with Crippen LogP contribution in [0.15, 0.2) is 0 Å². The fourth-order valence-corrected chi connectivity index (χ4v) is 1.83. The first kappa shape index (κ1) is 10.0. The molecule has 0 aromatic heterocycles. The molecule has 1 aliphatic rings. The van der Waals surface area contributed by atoms with Crippen molar-refractivity contribution in [3.8, 4) is 0 Å². The Morgan fingerprint density at radius 2 is 1.17 bits per heavy atom. The highest BCUT2D eigenvalue weighted by molar-refractivity contribution is 4.91. The van der Waals surface area contributed by atoms with Gasteiger partial charge in [0, 0.05) is 24.2 Å². The Labute approximate surface area is 76.1 Å². The molecule has 0 saturated heterocycles. The Kier molecular flexibility index (Phi) is 3.53. The third-order valence-electron chi connectivity index (χ3n) is 2.28. The molecule has 1 saturated carbocycles. The van der Waals surface area contributed by atoms with Crippen molar-refractivity contribution in [3.05, 3.63) is 0 Å². The third kappa shape index (κ3) is 3.11. The molecule has 0 spiro atoms. The molecule has 1 rings (SSSR count). The van der Waals surface area contributed by atoms with Gasteiger partial charge in [0.05, 0.1) is 0 Å². The van der Waals surface area contributed by atoms with Gasteiger partial charge in [-0.15, -0.1) is 0 Å². The summed E-state index contributed by atoms with van der Waals surface area (Å²) < 4.78 is 0. The molecule has 0 aromatic rings. The van der Waals surface area contributed by atoms with Crippen LogP contribution in [0.5, 0.6) is 0 Å². The van der Waals surface area contributed by atoms with Crippen molar-refractivity contribution in [1.29, 1.82) is 0 Å². The Morgan fingerprint density at radius 1 is 0.833 bits per heavy atom. The first-order valence-corrected chi connectivity index (χ1v) is 5.10. The van der Waals surface area contributed by atoms with Crippen LogP contribution in [0.3, 0.4) is 0 Å². The van der Waals surface area contributed by atoms with Gasteiger partial charge >= 0.3 is 0 Å². The molecule has 0 amide bonds. The van der Waals surface area contributed by atoms with E-state index in [1.807, 2.05) is 0 Å². The lowest BCUT2D eigenvalue weighted by Gasteiger charge is -2.38. The summed E-state index contributed by atoms with van der Waals surface area (Å²) in [5.74, 6) is 0. The van der Waals surface area contributed by atoms with Gasteiger partial charge in [0.15, 0.2) is 0 Å². The fraction of sp³-hybridized carbons (Fsp3) is 1.00. The second-order valence-electron chi connectivity index (χ2n) is 4.51. The van der Waals surface area contributed by atoms with Crippen LogP contribution in [0.1, 0.15) is 40.5 Å². The van der Waals surface area contributed by atoms with E-state index in [2.05, 4.69) is 38.3 Å². The molecule has 0 aliphatic heterocycles. The number of hydrogen-bond acceptors (Lipinski definition) is 2. The molecule has 1 aliphatic carbocycles. The van der Waals surface area contributed by atoms with Crippen LogP contribution >= 0.6 is 0 Å². The van der Waals surface area contributed by atoms with E-state index in [-0.39, 0.29) is 0 Å². The van der Waals surface area contributed by atoms with Crippen LogP contribution < -0.4 is 10.6 Å². The molecule has 0 heterocycles. The molecular formula is C10H22N2. The summed E-state index contributed by atoms with van der Waals surface area (Å²) in [6.07, 6.45) is 2.60. The topological polar surface area (TPSA) is 24.1 Å². The van der Waals surface area contributed by atoms with Gasteiger partial charge in [-0.2, -0.15) is 0 Å². The zero-order valence-electron chi connectivity index (χ0n) is 8.72. The van der Waals surface area contributed by atoms with E-state index in [0.717, 1.165) is 12.1 Å². The summed E-state index contributed by atoms with van der Waals surface area (Å²) in [6, 6.07) is 2.80. The van der Waals surface area contributed by atoms with E-state index in [9.17, 15) is 0 Å². The van der Waals surface area contributed by atoms with Gasteiger partial charge in [0.1, 0.15) is 0 Å². The summed E-state index contributed by atoms with van der Waals surface area (Å²) in [5, 5.41) is 7.08. The quantitative estimate of drug-likeness (QED) is 0.668. The van der Waals surface area contributed by atoms with Gasteiger partial charge < -0.3 is 10.6 Å². The van der Waals surface area contributed by atoms with Crippen molar-refractivity contribution in [3.63, 3.8) is 0 Å². The minimum Gasteiger partial charge on any atom is -0.312 e. The molecule has 0 aromatic carbocycles. The monoisotopic (exact) mass is 170 g/mol. The molecule has 0 unspecified atom stereocenters. The third-order valence-corrected chi connectivity index (χ3v) is 2.28. The minimum atomic E-state index is 0.634. The van der Waals surface area contributed by atoms with Crippen molar-refractivity contribution >= 4 is 0 Å². The van der Waals surface area contributed by atoms with Crippen LogP contribution in [-0.2, 0) is 0 Å². The first-order chi connectivity index (χ1) is 5.58. The van der Waals surface area contributed by atoms with Crippen LogP contribution in [0.25, 0.3) is 0 Å². The zero-order chi connectivity index (χ0) is 9.14. The predicted octanol–water partition coefficient (Wildman–Crippen LogP) is 1.51. The Hall–Kier alpha value is -0.0800. The van der Waals surface area contributed by atoms with Crippen molar-refractivity contribution in [2.75, 3.05) is 0 Å². The molecular weight excluding hydrogens is 148 g/mol. The second-order valence-corrected chi connectivity index (χ2v) is 4.51. The van der Waals surface area contributed by atoms with E-state index < -0.39 is 0 Å². The first-order valence-electron chi connectivity index (χ1n) is 5.10. The number of rotatable bonds is 4. The van der Waals surface area contributed by atoms with Crippen LogP contribution in [0.2, 0.25) is 0 Å². The molecule has 0 atom stereocenters. The maximum Gasteiger partial charge on any atom is 0.00990 e. The predicted molar refractivity (Wildman–Crippen MR) is 53.4 cm³/mol. The van der Waals surface area contributed by atoms with Crippen molar-refractivity contribution in [1.82, 2.24) is 10.6 Å². The highest BCUT2D eigenvalue weighted by Gasteiger charge is 2.28. The molecule has 72 valence electrons. The fourth-order valence-electron chi connectivity index (χ4n) is 1.83. The van der Waals surface area contributed by atoms with E-state index in [0.29, 0.717) is 12.1 Å². The lowest BCUT2D eigenvalue weighted by Crippen LogP contribution is -2.53. The molecule has 2 heteroatoms. The highest BCUT2D eigenvalue weighted by atomic mass is 15.0. The summed E-state index contributed by atoms with van der Waals surface area (Å²) in [5.41, 5.74) is 0. The lowest BCUT2D eigenvalue weighted by atomic mass is 9.86. The van der Waals surface area contributed by atoms with E-state index in [1.54, 1.807) is 0 Å². The van der Waals surface area contributed by atoms with Crippen LogP contribution in [0.4, 0.5) is 0 Å². The average Bonchev–Trinajstić information content (AvgIpc) is 1.80. The Balaban J connectivity index is 2.04. The van der Waals surface area contributed by atoms with Gasteiger partial charge in [0.2, 0.25) is 0 Å². The number of hydrogen-bond donors (Lipinski definition) is 2. The summed E-state index contributed by atoms with van der Waals surface area (Å²) in [4.78, 5) is 0. The molecule has 0 radical (unpaired) electrons. The molecule has 0 bridgehead atoms. The van der Waals surface area contributed by atoms with E-state index >= 15 is 0 Å². The SMILES string of the molecule is CC(C)NC1CC(NC(C)C)C1. The average molecular weight is 170 g/mol. The van der Waals surface area contributed by atoms with E-state index in [4.69, 9.17) is 0 Å². The normalized spacial score (nSPS) is 29.5. The lowest BCUT2D eigenvalue weighted by molar-refractivity contribution is 0.227. The summed E-state index contributed by atoms with van der Waals surface area (Å²) in [6.45, 7) is 8.85. The van der Waals surface area contributed by atoms with Gasteiger partial charge in [-0.05, 0) is 12.8 Å². The Bertz CT molecular complexity index is 112. The smallest absolute Gasteiger partial charge is 0.00990 e. The Morgan fingerprint density at radius 3 is 1.42 bits per heavy atom. The summed E-state index contributed by atoms with van der Waals surface area (Å²) >= 11 is 0. The summed E-state index contributed by atoms with van der Waals surface area (Å²) in [7, 11) is 0. The standard InChI is InChI=1S/C10H22N2/c1-7(2)11-9-5-10(6-9)12-8(3)4/h7-12H,5-6H2,1-4H3. The maximum atomic E-state index is 3.54. The van der Waals surface area contributed by atoms with Crippen LogP contribution in [-0.4, -0.2) is 24.2 Å². The minimum absolute atomic E-state index is 0.634. The zero-order valence-corrected chi connectivity index (χ0v) is 8.72. The maximum absolute atomic E-state index is 3.54. The largest absolute Gasteiger partial charge is 0.312 e. The van der Waals surface area contributed by atoms with Gasteiger partial charge in [-0.3, -0.25) is 0 Å². The highest BCUT2D eigenvalue weighted by Crippen LogP contribution is 2.20. The molecule has 1 fully saturated rings. The number of nitrogens with one attached hydrogen (secondary N) is 2. The second kappa shape index (κ2) is 4.24.